The zero-order valence-electron chi connectivity index (χ0n) is 7.83. The summed E-state index contributed by atoms with van der Waals surface area (Å²) < 4.78 is 25.7. The molecular formula is C9H9F2NO2S. The van der Waals surface area contributed by atoms with Crippen LogP contribution in [0.5, 0.6) is 0 Å². The minimum Gasteiger partial charge on any atom is -0.476 e. The summed E-state index contributed by atoms with van der Waals surface area (Å²) in [6, 6.07) is 4.46. The molecule has 15 heavy (non-hydrogen) atoms. The fourth-order valence-electron chi connectivity index (χ4n) is 0.908. The van der Waals surface area contributed by atoms with Gasteiger partial charge in [-0.3, -0.25) is 0 Å². The number of aliphatic carboxylic acids is 1. The summed E-state index contributed by atoms with van der Waals surface area (Å²) in [5.41, 5.74) is 6.31. The van der Waals surface area contributed by atoms with Gasteiger partial charge >= 0.3 is 11.2 Å². The molecule has 3 N–H and O–H groups in total. The topological polar surface area (TPSA) is 63.3 Å². The van der Waals surface area contributed by atoms with E-state index in [2.05, 4.69) is 0 Å². The third-order valence-corrected chi connectivity index (χ3v) is 2.79. The minimum absolute atomic E-state index is 0.0181. The molecule has 0 amide bonds. The van der Waals surface area contributed by atoms with Crippen molar-refractivity contribution in [1.29, 1.82) is 0 Å². The van der Waals surface area contributed by atoms with Crippen LogP contribution in [0.3, 0.4) is 0 Å². The third kappa shape index (κ3) is 2.82. The van der Waals surface area contributed by atoms with Gasteiger partial charge in [0.05, 0.1) is 0 Å². The van der Waals surface area contributed by atoms with Crippen LogP contribution in [0.1, 0.15) is 5.56 Å². The van der Waals surface area contributed by atoms with Gasteiger partial charge in [-0.25, -0.2) is 4.79 Å². The van der Waals surface area contributed by atoms with E-state index < -0.39 is 11.2 Å². The van der Waals surface area contributed by atoms with Gasteiger partial charge in [0, 0.05) is 10.6 Å². The van der Waals surface area contributed by atoms with Gasteiger partial charge in [-0.05, 0) is 36.4 Å². The highest BCUT2D eigenvalue weighted by Crippen LogP contribution is 2.38. The maximum atomic E-state index is 12.9. The van der Waals surface area contributed by atoms with Crippen LogP contribution in [0, 0.1) is 6.92 Å². The third-order valence-electron chi connectivity index (χ3n) is 1.70. The van der Waals surface area contributed by atoms with Crippen LogP contribution in [0.15, 0.2) is 23.1 Å². The number of nitrogens with two attached hydrogens (primary N) is 1. The van der Waals surface area contributed by atoms with Crippen LogP contribution in [0.4, 0.5) is 14.5 Å². The first kappa shape index (κ1) is 11.8. The molecule has 0 aliphatic rings. The maximum absolute atomic E-state index is 12.9. The molecule has 1 aromatic carbocycles. The summed E-state index contributed by atoms with van der Waals surface area (Å²) in [6.45, 7) is 1.61. The molecule has 3 nitrogen and oxygen atoms in total. The lowest BCUT2D eigenvalue weighted by atomic mass is 10.2. The smallest absolute Gasteiger partial charge is 0.393 e. The van der Waals surface area contributed by atoms with Crippen LogP contribution < -0.4 is 5.73 Å². The van der Waals surface area contributed by atoms with E-state index in [9.17, 15) is 13.6 Å². The lowest BCUT2D eigenvalue weighted by molar-refractivity contribution is -0.152. The van der Waals surface area contributed by atoms with E-state index in [1.54, 1.807) is 19.1 Å². The molecule has 0 saturated heterocycles. The maximum Gasteiger partial charge on any atom is 0.393 e. The summed E-state index contributed by atoms with van der Waals surface area (Å²) in [4.78, 5) is 10.4. The van der Waals surface area contributed by atoms with E-state index in [0.29, 0.717) is 11.3 Å². The van der Waals surface area contributed by atoms with Crippen LogP contribution in [0.2, 0.25) is 0 Å². The zero-order chi connectivity index (χ0) is 11.6. The molecule has 0 unspecified atom stereocenters. The Hall–Kier alpha value is -1.30. The molecule has 1 rings (SSSR count). The number of hydrogen-bond donors (Lipinski definition) is 2. The Morgan fingerprint density at radius 3 is 2.67 bits per heavy atom. The standard InChI is InChI=1S/C9H9F2NO2S/c1-5-2-3-6(12)4-7(5)15-9(10,11)8(13)14/h2-4H,12H2,1H3,(H,13,14). The Bertz CT molecular complexity index is 396. The average molecular weight is 233 g/mol. The second kappa shape index (κ2) is 4.06. The van der Waals surface area contributed by atoms with Gasteiger partial charge in [-0.1, -0.05) is 6.07 Å². The van der Waals surface area contributed by atoms with Crippen molar-refractivity contribution in [1.82, 2.24) is 0 Å². The van der Waals surface area contributed by atoms with E-state index in [1.807, 2.05) is 0 Å². The number of rotatable bonds is 3. The molecule has 0 bridgehead atoms. The Kier molecular flexibility index (Phi) is 3.18. The molecule has 0 saturated carbocycles. The van der Waals surface area contributed by atoms with Gasteiger partial charge in [-0.2, -0.15) is 8.78 Å². The molecule has 0 radical (unpaired) electrons. The number of anilines is 1. The highest BCUT2D eigenvalue weighted by atomic mass is 32.2. The van der Waals surface area contributed by atoms with E-state index >= 15 is 0 Å². The van der Waals surface area contributed by atoms with Gasteiger partial charge in [0.25, 0.3) is 0 Å². The number of halogens is 2. The number of nitrogen functional groups attached to an aromatic ring is 1. The van der Waals surface area contributed by atoms with Crippen LogP contribution in [0.25, 0.3) is 0 Å². The Labute approximate surface area is 89.3 Å². The molecule has 0 fully saturated rings. The summed E-state index contributed by atoms with van der Waals surface area (Å²) in [5, 5.41) is 4.43. The molecule has 0 aliphatic carbocycles. The number of aryl methyl sites for hydroxylation is 1. The molecule has 0 aliphatic heterocycles. The van der Waals surface area contributed by atoms with Gasteiger partial charge < -0.3 is 10.8 Å². The first-order valence-corrected chi connectivity index (χ1v) is 4.81. The second-order valence-corrected chi connectivity index (χ2v) is 4.11. The lowest BCUT2D eigenvalue weighted by Crippen LogP contribution is -2.23. The van der Waals surface area contributed by atoms with Crippen LogP contribution in [-0.4, -0.2) is 16.3 Å². The number of carbonyl (C=O) groups is 1. The lowest BCUT2D eigenvalue weighted by Gasteiger charge is -2.12. The number of alkyl halides is 2. The monoisotopic (exact) mass is 233 g/mol. The van der Waals surface area contributed by atoms with Crippen molar-refractivity contribution in [2.45, 2.75) is 17.1 Å². The summed E-state index contributed by atoms with van der Waals surface area (Å²) in [7, 11) is 0. The Balaban J connectivity index is 2.99. The predicted octanol–water partition coefficient (Wildman–Crippen LogP) is 2.35. The van der Waals surface area contributed by atoms with Crippen molar-refractivity contribution in [3.8, 4) is 0 Å². The molecule has 0 atom stereocenters. The quantitative estimate of drug-likeness (QED) is 0.621. The van der Waals surface area contributed by atoms with E-state index in [0.717, 1.165) is 0 Å². The summed E-state index contributed by atoms with van der Waals surface area (Å²) in [5.74, 6) is -2.16. The fourth-order valence-corrected chi connectivity index (χ4v) is 1.70. The minimum atomic E-state index is -3.83. The molecule has 1 aromatic rings. The number of carboxylic acid groups (broad SMARTS) is 1. The Morgan fingerprint density at radius 1 is 1.53 bits per heavy atom. The van der Waals surface area contributed by atoms with Crippen molar-refractivity contribution < 1.29 is 18.7 Å². The van der Waals surface area contributed by atoms with Crippen LogP contribution in [-0.2, 0) is 4.79 Å². The van der Waals surface area contributed by atoms with E-state index in [1.165, 1.54) is 6.07 Å². The van der Waals surface area contributed by atoms with E-state index in [-0.39, 0.29) is 16.7 Å². The number of thioether (sulfide) groups is 1. The molecule has 6 heteroatoms. The Morgan fingerprint density at radius 2 is 2.13 bits per heavy atom. The van der Waals surface area contributed by atoms with Gasteiger partial charge in [0.2, 0.25) is 0 Å². The van der Waals surface area contributed by atoms with Crippen LogP contribution >= 0.6 is 11.8 Å². The van der Waals surface area contributed by atoms with Crippen molar-refractivity contribution in [2.75, 3.05) is 5.73 Å². The van der Waals surface area contributed by atoms with Gasteiger partial charge in [-0.15, -0.1) is 0 Å². The molecule has 82 valence electrons. The second-order valence-electron chi connectivity index (χ2n) is 2.95. The summed E-state index contributed by atoms with van der Waals surface area (Å²) in [6.07, 6.45) is 0. The SMILES string of the molecule is Cc1ccc(N)cc1SC(F)(F)C(=O)O. The van der Waals surface area contributed by atoms with Crippen molar-refractivity contribution in [3.05, 3.63) is 23.8 Å². The highest BCUT2D eigenvalue weighted by Gasteiger charge is 2.40. The number of benzene rings is 1. The molecule has 0 heterocycles. The van der Waals surface area contributed by atoms with Crippen molar-refractivity contribution in [2.24, 2.45) is 0 Å². The van der Waals surface area contributed by atoms with Crippen molar-refractivity contribution in [3.63, 3.8) is 0 Å². The van der Waals surface area contributed by atoms with E-state index in [4.69, 9.17) is 10.8 Å². The molecular weight excluding hydrogens is 224 g/mol. The average Bonchev–Trinajstić information content (AvgIpc) is 2.10. The fraction of sp³-hybridized carbons (Fsp3) is 0.222. The number of hydrogen-bond acceptors (Lipinski definition) is 3. The van der Waals surface area contributed by atoms with Crippen molar-refractivity contribution >= 4 is 23.4 Å². The molecule has 0 aromatic heterocycles. The predicted molar refractivity (Wildman–Crippen MR) is 54.0 cm³/mol. The largest absolute Gasteiger partial charge is 0.476 e. The van der Waals surface area contributed by atoms with Gasteiger partial charge in [0.1, 0.15) is 0 Å². The number of carboxylic acids is 1. The first-order valence-electron chi connectivity index (χ1n) is 3.99. The summed E-state index contributed by atoms with van der Waals surface area (Å²) >= 11 is -0.0181. The first-order chi connectivity index (χ1) is 6.83. The zero-order valence-corrected chi connectivity index (χ0v) is 8.65. The normalized spacial score (nSPS) is 11.4. The highest BCUT2D eigenvalue weighted by molar-refractivity contribution is 8.01. The molecule has 0 spiro atoms. The van der Waals surface area contributed by atoms with Gasteiger partial charge in [0.15, 0.2) is 0 Å².